The van der Waals surface area contributed by atoms with Gasteiger partial charge in [0.1, 0.15) is 5.01 Å². The molecule has 0 saturated heterocycles. The van der Waals surface area contributed by atoms with Gasteiger partial charge in [0.05, 0.1) is 5.69 Å². The van der Waals surface area contributed by atoms with Crippen LogP contribution in [0.2, 0.25) is 5.02 Å². The normalized spacial score (nSPS) is 11.8. The molecule has 0 unspecified atom stereocenters. The molecule has 0 bridgehead atoms. The van der Waals surface area contributed by atoms with Crippen molar-refractivity contribution in [1.29, 1.82) is 0 Å². The molecule has 4 aromatic rings. The molecule has 0 aliphatic carbocycles. The van der Waals surface area contributed by atoms with E-state index in [1.54, 1.807) is 4.68 Å². The van der Waals surface area contributed by atoms with Gasteiger partial charge in [-0.05, 0) is 34.7 Å². The van der Waals surface area contributed by atoms with Gasteiger partial charge in [-0.1, -0.05) is 47.2 Å². The number of aromatic nitrogens is 6. The van der Waals surface area contributed by atoms with Crippen molar-refractivity contribution >= 4 is 28.6 Å². The highest BCUT2D eigenvalue weighted by molar-refractivity contribution is 7.12. The molecule has 124 valence electrons. The zero-order chi connectivity index (χ0) is 17.2. The molecule has 1 N–H and O–H groups in total. The molecule has 7 nitrogen and oxygen atoms in total. The quantitative estimate of drug-likeness (QED) is 0.601. The third-order valence-electron chi connectivity index (χ3n) is 3.49. The Labute approximate surface area is 151 Å². The lowest BCUT2D eigenvalue weighted by molar-refractivity contribution is 0.732. The summed E-state index contributed by atoms with van der Waals surface area (Å²) >= 11 is 7.45. The molecule has 0 fully saturated rings. The first-order chi connectivity index (χ1) is 12.2. The van der Waals surface area contributed by atoms with E-state index in [0.717, 1.165) is 26.6 Å². The van der Waals surface area contributed by atoms with Crippen molar-refractivity contribution in [3.63, 3.8) is 0 Å². The number of rotatable bonds is 3. The lowest BCUT2D eigenvalue weighted by atomic mass is 10.2. The number of tetrazole rings is 1. The summed E-state index contributed by atoms with van der Waals surface area (Å²) in [7, 11) is 1.87. The number of aromatic amines is 1. The largest absolute Gasteiger partial charge is 0.241 e. The van der Waals surface area contributed by atoms with Crippen LogP contribution in [0.4, 0.5) is 5.69 Å². The summed E-state index contributed by atoms with van der Waals surface area (Å²) in [5.74, 6) is 0.604. The topological polar surface area (TPSA) is 84.6 Å². The predicted molar refractivity (Wildman–Crippen MR) is 96.4 cm³/mol. The van der Waals surface area contributed by atoms with Crippen LogP contribution in [0.25, 0.3) is 22.0 Å². The molecule has 0 aliphatic heterocycles. The van der Waals surface area contributed by atoms with Crippen LogP contribution in [0, 0.1) is 0 Å². The smallest absolute Gasteiger partial charge is 0.208 e. The zero-order valence-corrected chi connectivity index (χ0v) is 14.7. The van der Waals surface area contributed by atoms with Gasteiger partial charge in [-0.3, -0.25) is 0 Å². The van der Waals surface area contributed by atoms with Crippen molar-refractivity contribution in [3.8, 4) is 22.0 Å². The van der Waals surface area contributed by atoms with Crippen LogP contribution in [0.5, 0.6) is 0 Å². The standard InChI is InChI=1S/C16H12ClN7S/c1-24-16(25-15(21-24)10-5-7-12(17)8-6-10)18-13-4-2-3-11(9-13)14-19-22-23-20-14/h2-9H,1H3,(H,19,20,22,23)/b18-16+. The number of nitrogens with one attached hydrogen (secondary N) is 1. The van der Waals surface area contributed by atoms with E-state index in [4.69, 9.17) is 11.6 Å². The van der Waals surface area contributed by atoms with Crippen LogP contribution in [0.15, 0.2) is 53.5 Å². The van der Waals surface area contributed by atoms with Crippen molar-refractivity contribution in [2.75, 3.05) is 0 Å². The van der Waals surface area contributed by atoms with Gasteiger partial charge >= 0.3 is 0 Å². The lowest BCUT2D eigenvalue weighted by Crippen LogP contribution is -2.10. The fraction of sp³-hybridized carbons (Fsp3) is 0.0625. The highest BCUT2D eigenvalue weighted by Crippen LogP contribution is 2.23. The Kier molecular flexibility index (Phi) is 4.12. The molecule has 2 heterocycles. The zero-order valence-electron chi connectivity index (χ0n) is 13.1. The molecule has 0 saturated carbocycles. The summed E-state index contributed by atoms with van der Waals surface area (Å²) in [6.45, 7) is 0. The highest BCUT2D eigenvalue weighted by atomic mass is 35.5. The number of hydrogen-bond acceptors (Lipinski definition) is 6. The molecular formula is C16H12ClN7S. The van der Waals surface area contributed by atoms with Gasteiger partial charge in [0.25, 0.3) is 0 Å². The van der Waals surface area contributed by atoms with Gasteiger partial charge in [0, 0.05) is 23.2 Å². The molecule has 0 spiro atoms. The number of hydrogen-bond donors (Lipinski definition) is 1. The van der Waals surface area contributed by atoms with E-state index in [1.807, 2.05) is 55.6 Å². The maximum absolute atomic E-state index is 5.94. The van der Waals surface area contributed by atoms with E-state index in [9.17, 15) is 0 Å². The molecule has 25 heavy (non-hydrogen) atoms. The minimum Gasteiger partial charge on any atom is -0.241 e. The second-order valence-electron chi connectivity index (χ2n) is 5.23. The Morgan fingerprint density at radius 2 is 1.96 bits per heavy atom. The van der Waals surface area contributed by atoms with E-state index >= 15 is 0 Å². The Hall–Kier alpha value is -2.84. The minimum atomic E-state index is 0.604. The summed E-state index contributed by atoms with van der Waals surface area (Å²) in [6, 6.07) is 15.3. The Morgan fingerprint density at radius 1 is 1.12 bits per heavy atom. The Balaban J connectivity index is 1.73. The first-order valence-electron chi connectivity index (χ1n) is 7.38. The lowest BCUT2D eigenvalue weighted by Gasteiger charge is -1.97. The number of benzene rings is 2. The van der Waals surface area contributed by atoms with Crippen LogP contribution in [-0.4, -0.2) is 30.4 Å². The third kappa shape index (κ3) is 3.35. The second-order valence-corrected chi connectivity index (χ2v) is 6.62. The molecule has 4 rings (SSSR count). The maximum Gasteiger partial charge on any atom is 0.208 e. The van der Waals surface area contributed by atoms with Crippen LogP contribution in [0.1, 0.15) is 0 Å². The van der Waals surface area contributed by atoms with E-state index < -0.39 is 0 Å². The highest BCUT2D eigenvalue weighted by Gasteiger charge is 2.06. The van der Waals surface area contributed by atoms with Gasteiger partial charge in [-0.15, -0.1) is 5.10 Å². The molecule has 9 heteroatoms. The van der Waals surface area contributed by atoms with E-state index in [-0.39, 0.29) is 0 Å². The number of aryl methyl sites for hydroxylation is 1. The minimum absolute atomic E-state index is 0.604. The average Bonchev–Trinajstić information content (AvgIpc) is 3.27. The van der Waals surface area contributed by atoms with Gasteiger partial charge in [-0.2, -0.15) is 5.10 Å². The van der Waals surface area contributed by atoms with Crippen molar-refractivity contribution in [2.24, 2.45) is 12.0 Å². The summed E-state index contributed by atoms with van der Waals surface area (Å²) in [5, 5.41) is 20.0. The van der Waals surface area contributed by atoms with Crippen LogP contribution >= 0.6 is 22.9 Å². The third-order valence-corrected chi connectivity index (χ3v) is 4.79. The van der Waals surface area contributed by atoms with E-state index in [0.29, 0.717) is 10.8 Å². The molecule has 2 aromatic heterocycles. The van der Waals surface area contributed by atoms with Crippen LogP contribution in [-0.2, 0) is 7.05 Å². The van der Waals surface area contributed by atoms with Crippen molar-refractivity contribution in [2.45, 2.75) is 0 Å². The predicted octanol–water partition coefficient (Wildman–Crippen LogP) is 3.21. The van der Waals surface area contributed by atoms with Gasteiger partial charge in [-0.25, -0.2) is 14.8 Å². The molecule has 2 aromatic carbocycles. The van der Waals surface area contributed by atoms with E-state index in [2.05, 4.69) is 30.7 Å². The van der Waals surface area contributed by atoms with Crippen LogP contribution < -0.4 is 4.80 Å². The van der Waals surface area contributed by atoms with Crippen molar-refractivity contribution < 1.29 is 0 Å². The number of halogens is 1. The molecule has 0 radical (unpaired) electrons. The molecule has 0 atom stereocenters. The first kappa shape index (κ1) is 15.7. The van der Waals surface area contributed by atoms with Gasteiger partial charge < -0.3 is 0 Å². The summed E-state index contributed by atoms with van der Waals surface area (Å²) < 4.78 is 1.76. The fourth-order valence-electron chi connectivity index (χ4n) is 2.27. The van der Waals surface area contributed by atoms with Gasteiger partial charge in [0.15, 0.2) is 5.82 Å². The fourth-order valence-corrected chi connectivity index (χ4v) is 3.31. The Morgan fingerprint density at radius 3 is 2.72 bits per heavy atom. The van der Waals surface area contributed by atoms with E-state index in [1.165, 1.54) is 11.3 Å². The second kappa shape index (κ2) is 6.58. The summed E-state index contributed by atoms with van der Waals surface area (Å²) in [5.41, 5.74) is 2.68. The number of H-pyrrole nitrogens is 1. The monoisotopic (exact) mass is 369 g/mol. The van der Waals surface area contributed by atoms with Gasteiger partial charge in [0.2, 0.25) is 4.80 Å². The Bertz CT molecular complexity index is 1060. The maximum atomic E-state index is 5.94. The first-order valence-corrected chi connectivity index (χ1v) is 8.57. The molecule has 0 aliphatic rings. The molecular weight excluding hydrogens is 358 g/mol. The summed E-state index contributed by atoms with van der Waals surface area (Å²) in [4.78, 5) is 5.47. The number of nitrogens with zero attached hydrogens (tertiary/aromatic N) is 6. The SMILES string of the molecule is Cn1nc(-c2ccc(Cl)cc2)s/c1=N/c1cccc(-c2nnn[nH]2)c1. The average molecular weight is 370 g/mol. The molecule has 0 amide bonds. The van der Waals surface area contributed by atoms with Crippen LogP contribution in [0.3, 0.4) is 0 Å². The summed E-state index contributed by atoms with van der Waals surface area (Å²) in [6.07, 6.45) is 0. The van der Waals surface area contributed by atoms with Crippen molar-refractivity contribution in [3.05, 3.63) is 58.4 Å². The van der Waals surface area contributed by atoms with Crippen molar-refractivity contribution in [1.82, 2.24) is 30.4 Å².